The van der Waals surface area contributed by atoms with E-state index in [1.54, 1.807) is 6.92 Å². The van der Waals surface area contributed by atoms with E-state index in [0.29, 0.717) is 10.8 Å². The van der Waals surface area contributed by atoms with Crippen molar-refractivity contribution in [1.29, 1.82) is 0 Å². The summed E-state index contributed by atoms with van der Waals surface area (Å²) < 4.78 is 5.08. The number of rotatable bonds is 8. The molecule has 1 aromatic rings. The molecule has 13 nitrogen and oxygen atoms in total. The number of cyclic esters (lactones) is 1. The molecule has 4 N–H and O–H groups in total. The summed E-state index contributed by atoms with van der Waals surface area (Å²) in [7, 11) is 1.23. The van der Waals surface area contributed by atoms with Crippen molar-refractivity contribution in [1.82, 2.24) is 15.4 Å². The number of thioether (sulfide) groups is 1. The van der Waals surface area contributed by atoms with E-state index < -0.39 is 40.8 Å². The number of hydrogen-bond acceptors (Lipinski definition) is 12. The number of carbonyl (C=O) groups is 4. The van der Waals surface area contributed by atoms with Crippen LogP contribution in [0.2, 0.25) is 0 Å². The van der Waals surface area contributed by atoms with Gasteiger partial charge in [0.2, 0.25) is 0 Å². The SMILES string of the molecule is CCSC1CC(=O)OC1(C(=O)O)N1OC[C@H](NC(=O)/C(=N\OC)c2csc(N)n2)C1=O. The number of amides is 2. The highest BCUT2D eigenvalue weighted by Crippen LogP contribution is 2.41. The minimum Gasteiger partial charge on any atom is -0.477 e. The molecular formula is C16H19N5O8S2. The van der Waals surface area contributed by atoms with Crippen LogP contribution in [0, 0.1) is 0 Å². The number of aliphatic carboxylic acids is 1. The van der Waals surface area contributed by atoms with Crippen molar-refractivity contribution in [3.8, 4) is 0 Å². The molecular weight excluding hydrogens is 454 g/mol. The Morgan fingerprint density at radius 1 is 1.55 bits per heavy atom. The fourth-order valence-corrected chi connectivity index (χ4v) is 4.77. The van der Waals surface area contributed by atoms with Crippen LogP contribution in [0.15, 0.2) is 10.5 Å². The van der Waals surface area contributed by atoms with Gasteiger partial charge in [0.05, 0.1) is 11.7 Å². The quantitative estimate of drug-likeness (QED) is 0.244. The molecule has 31 heavy (non-hydrogen) atoms. The molecule has 2 saturated heterocycles. The van der Waals surface area contributed by atoms with Crippen molar-refractivity contribution >= 4 is 57.7 Å². The van der Waals surface area contributed by atoms with Crippen LogP contribution < -0.4 is 11.1 Å². The number of carboxylic acids is 1. The maximum atomic E-state index is 12.9. The number of carbonyl (C=O) groups excluding carboxylic acids is 3. The van der Waals surface area contributed by atoms with Gasteiger partial charge in [-0.25, -0.2) is 9.78 Å². The first-order chi connectivity index (χ1) is 14.7. The molecule has 2 unspecified atom stereocenters. The van der Waals surface area contributed by atoms with Crippen LogP contribution in [-0.4, -0.2) is 81.1 Å². The lowest BCUT2D eigenvalue weighted by molar-refractivity contribution is -0.255. The number of ether oxygens (including phenoxy) is 1. The number of nitrogens with zero attached hydrogens (tertiary/aromatic N) is 3. The van der Waals surface area contributed by atoms with Crippen molar-refractivity contribution in [2.75, 3.05) is 25.2 Å². The first kappa shape index (κ1) is 22.8. The number of nitrogens with one attached hydrogen (secondary N) is 1. The van der Waals surface area contributed by atoms with Crippen molar-refractivity contribution in [3.63, 3.8) is 0 Å². The highest BCUT2D eigenvalue weighted by Gasteiger charge is 2.65. The van der Waals surface area contributed by atoms with Gasteiger partial charge in [0.25, 0.3) is 11.8 Å². The Labute approximate surface area is 183 Å². The number of oxime groups is 1. The molecule has 3 rings (SSSR count). The summed E-state index contributed by atoms with van der Waals surface area (Å²) in [5.41, 5.74) is 3.15. The van der Waals surface area contributed by atoms with Crippen LogP contribution in [0.3, 0.4) is 0 Å². The largest absolute Gasteiger partial charge is 0.477 e. The van der Waals surface area contributed by atoms with Crippen LogP contribution >= 0.6 is 23.1 Å². The van der Waals surface area contributed by atoms with Crippen molar-refractivity contribution in [2.24, 2.45) is 5.16 Å². The van der Waals surface area contributed by atoms with Gasteiger partial charge in [-0.1, -0.05) is 12.1 Å². The predicted octanol–water partition coefficient (Wildman–Crippen LogP) is -0.816. The highest BCUT2D eigenvalue weighted by molar-refractivity contribution is 8.00. The summed E-state index contributed by atoms with van der Waals surface area (Å²) in [6.07, 6.45) is -0.204. The highest BCUT2D eigenvalue weighted by atomic mass is 32.2. The third kappa shape index (κ3) is 4.15. The van der Waals surface area contributed by atoms with Crippen LogP contribution in [0.25, 0.3) is 0 Å². The normalized spacial score (nSPS) is 26.1. The van der Waals surface area contributed by atoms with Crippen LogP contribution in [-0.2, 0) is 33.6 Å². The number of carboxylic acid groups (broad SMARTS) is 1. The maximum Gasteiger partial charge on any atom is 0.373 e. The summed E-state index contributed by atoms with van der Waals surface area (Å²) in [5.74, 6) is -3.55. The van der Waals surface area contributed by atoms with Gasteiger partial charge < -0.3 is 25.7 Å². The van der Waals surface area contributed by atoms with E-state index in [1.807, 2.05) is 0 Å². The molecule has 0 aliphatic carbocycles. The maximum absolute atomic E-state index is 12.9. The molecule has 0 spiro atoms. The van der Waals surface area contributed by atoms with Gasteiger partial charge in [-0.2, -0.15) is 16.8 Å². The summed E-state index contributed by atoms with van der Waals surface area (Å²) >= 11 is 2.23. The van der Waals surface area contributed by atoms with E-state index in [0.717, 1.165) is 23.1 Å². The summed E-state index contributed by atoms with van der Waals surface area (Å²) in [6, 6.07) is -1.26. The van der Waals surface area contributed by atoms with Gasteiger partial charge in [0.15, 0.2) is 10.8 Å². The number of aromatic nitrogens is 1. The number of esters is 1. The average molecular weight is 473 g/mol. The van der Waals surface area contributed by atoms with Gasteiger partial charge in [-0.05, 0) is 5.75 Å². The third-order valence-corrected chi connectivity index (χ3v) is 6.27. The van der Waals surface area contributed by atoms with E-state index in [2.05, 4.69) is 20.3 Å². The van der Waals surface area contributed by atoms with E-state index in [4.69, 9.17) is 15.3 Å². The second kappa shape index (κ2) is 9.07. The van der Waals surface area contributed by atoms with Gasteiger partial charge >= 0.3 is 17.7 Å². The smallest absolute Gasteiger partial charge is 0.373 e. The van der Waals surface area contributed by atoms with Crippen LogP contribution in [0.4, 0.5) is 5.13 Å². The Hall–Kier alpha value is -2.91. The minimum atomic E-state index is -2.33. The van der Waals surface area contributed by atoms with Crippen molar-refractivity contribution in [2.45, 2.75) is 30.4 Å². The Kier molecular flexibility index (Phi) is 6.66. The number of nitrogens with two attached hydrogens (primary N) is 1. The van der Waals surface area contributed by atoms with Crippen molar-refractivity contribution < 1.29 is 38.7 Å². The molecule has 2 fully saturated rings. The van der Waals surface area contributed by atoms with Crippen LogP contribution in [0.1, 0.15) is 19.0 Å². The van der Waals surface area contributed by atoms with E-state index in [1.165, 1.54) is 12.5 Å². The zero-order valence-electron chi connectivity index (χ0n) is 16.4. The number of anilines is 1. The number of nitrogen functional groups attached to an aromatic ring is 1. The summed E-state index contributed by atoms with van der Waals surface area (Å²) in [5, 5.41) is 17.2. The minimum absolute atomic E-state index is 0.135. The zero-order chi connectivity index (χ0) is 22.8. The molecule has 1 aromatic heterocycles. The lowest BCUT2D eigenvalue weighted by Crippen LogP contribution is -2.61. The Bertz CT molecular complexity index is 937. The number of thiazole rings is 1. The zero-order valence-corrected chi connectivity index (χ0v) is 18.0. The van der Waals surface area contributed by atoms with Gasteiger partial charge in [-0.3, -0.25) is 19.2 Å². The molecule has 0 saturated carbocycles. The standard InChI is InChI=1S/C16H19N5O8S2/c1-3-30-9-4-10(22)29-16(9,14(25)26)21-13(24)7(5-28-21)18-12(23)11(20-27-2)8-6-31-15(17)19-8/h6-7,9H,3-5H2,1-2H3,(H2,17,19)(H,18,23)(H,25,26)/b20-11-/t7-,9?,16?/m0/s1. The summed E-state index contributed by atoms with van der Waals surface area (Å²) in [6.45, 7) is 1.40. The molecule has 2 aliphatic heterocycles. The molecule has 15 heteroatoms. The molecule has 0 radical (unpaired) electrons. The summed E-state index contributed by atoms with van der Waals surface area (Å²) in [4.78, 5) is 63.5. The predicted molar refractivity (Wildman–Crippen MR) is 108 cm³/mol. The Morgan fingerprint density at radius 3 is 2.87 bits per heavy atom. The molecule has 0 bridgehead atoms. The molecule has 0 aromatic carbocycles. The second-order valence-corrected chi connectivity index (χ2v) is 8.64. The fourth-order valence-electron chi connectivity index (χ4n) is 3.09. The molecule has 2 aliphatic rings. The number of hydrogen-bond donors (Lipinski definition) is 3. The van der Waals surface area contributed by atoms with E-state index in [9.17, 15) is 24.3 Å². The number of hydroxylamine groups is 2. The lowest BCUT2D eigenvalue weighted by atomic mass is 10.1. The molecule has 2 amide bonds. The first-order valence-electron chi connectivity index (χ1n) is 8.91. The Balaban J connectivity index is 1.81. The monoisotopic (exact) mass is 473 g/mol. The van der Waals surface area contributed by atoms with Gasteiger partial charge in [0.1, 0.15) is 25.5 Å². The van der Waals surface area contributed by atoms with Gasteiger partial charge in [0, 0.05) is 5.38 Å². The fraction of sp³-hybridized carbons (Fsp3) is 0.500. The molecule has 168 valence electrons. The molecule has 3 heterocycles. The van der Waals surface area contributed by atoms with E-state index >= 15 is 0 Å². The Morgan fingerprint density at radius 2 is 2.29 bits per heavy atom. The second-order valence-electron chi connectivity index (χ2n) is 6.27. The average Bonchev–Trinajstić information content (AvgIpc) is 3.39. The first-order valence-corrected chi connectivity index (χ1v) is 10.8. The van der Waals surface area contributed by atoms with Crippen LogP contribution in [0.5, 0.6) is 0 Å². The van der Waals surface area contributed by atoms with Crippen molar-refractivity contribution in [3.05, 3.63) is 11.1 Å². The third-order valence-electron chi connectivity index (χ3n) is 4.37. The molecule has 3 atom stereocenters. The van der Waals surface area contributed by atoms with Gasteiger partial charge in [-0.15, -0.1) is 11.3 Å². The van der Waals surface area contributed by atoms with E-state index in [-0.39, 0.29) is 29.6 Å². The lowest BCUT2D eigenvalue weighted by Gasteiger charge is -2.34. The topological polar surface area (TPSA) is 183 Å².